The van der Waals surface area contributed by atoms with Crippen molar-refractivity contribution >= 4 is 6.29 Å². The van der Waals surface area contributed by atoms with Gasteiger partial charge in [0.15, 0.2) is 11.5 Å². The summed E-state index contributed by atoms with van der Waals surface area (Å²) in [6, 6.07) is 3.21. The second-order valence-corrected chi connectivity index (χ2v) is 3.20. The zero-order valence-electron chi connectivity index (χ0n) is 9.82. The predicted molar refractivity (Wildman–Crippen MR) is 63.5 cm³/mol. The molecule has 0 aliphatic rings. The van der Waals surface area contributed by atoms with E-state index < -0.39 is 0 Å². The van der Waals surface area contributed by atoms with Gasteiger partial charge in [0.2, 0.25) is 0 Å². The Morgan fingerprint density at radius 1 is 1.35 bits per heavy atom. The van der Waals surface area contributed by atoms with E-state index in [9.17, 15) is 4.79 Å². The maximum Gasteiger partial charge on any atom is 0.176 e. The smallest absolute Gasteiger partial charge is 0.176 e. The summed E-state index contributed by atoms with van der Waals surface area (Å²) in [7, 11) is 3.01. The van der Waals surface area contributed by atoms with Crippen LogP contribution in [-0.2, 0) is 0 Å². The molecule has 1 rings (SSSR count). The summed E-state index contributed by atoms with van der Waals surface area (Å²) in [4.78, 5) is 10.8. The molecule has 4 nitrogen and oxygen atoms in total. The highest BCUT2D eigenvalue weighted by molar-refractivity contribution is 5.78. The molecular weight excluding hydrogens is 220 g/mol. The van der Waals surface area contributed by atoms with Gasteiger partial charge in [-0.25, -0.2) is 0 Å². The summed E-state index contributed by atoms with van der Waals surface area (Å²) in [6.07, 6.45) is 1.09. The van der Waals surface area contributed by atoms with E-state index in [1.807, 2.05) is 0 Å². The molecule has 0 heterocycles. The molecule has 1 aromatic carbocycles. The second-order valence-electron chi connectivity index (χ2n) is 3.20. The lowest BCUT2D eigenvalue weighted by Crippen LogP contribution is -1.96. The quantitative estimate of drug-likeness (QED) is 0.629. The Labute approximate surface area is 100 Å². The number of ether oxygens (including phenoxy) is 2. The van der Waals surface area contributed by atoms with E-state index in [1.165, 1.54) is 14.2 Å². The van der Waals surface area contributed by atoms with E-state index >= 15 is 0 Å². The third-order valence-electron chi connectivity index (χ3n) is 2.10. The zero-order valence-corrected chi connectivity index (χ0v) is 9.82. The first kappa shape index (κ1) is 13.1. The van der Waals surface area contributed by atoms with Crippen LogP contribution in [0.2, 0.25) is 0 Å². The monoisotopic (exact) mass is 234 g/mol. The van der Waals surface area contributed by atoms with Gasteiger partial charge in [-0.15, -0.1) is 0 Å². The summed E-state index contributed by atoms with van der Waals surface area (Å²) in [5, 5.41) is 8.66. The maximum atomic E-state index is 10.8. The largest absolute Gasteiger partial charge is 0.493 e. The number of hydrogen-bond acceptors (Lipinski definition) is 4. The third kappa shape index (κ3) is 3.23. The lowest BCUT2D eigenvalue weighted by molar-refractivity contribution is 0.112. The summed E-state index contributed by atoms with van der Waals surface area (Å²) >= 11 is 0. The number of benzene rings is 1. The van der Waals surface area contributed by atoms with Crippen molar-refractivity contribution in [2.75, 3.05) is 20.8 Å². The highest BCUT2D eigenvalue weighted by Crippen LogP contribution is 2.31. The predicted octanol–water partition coefficient (Wildman–Crippen LogP) is 1.25. The fourth-order valence-electron chi connectivity index (χ4n) is 1.36. The maximum absolute atomic E-state index is 10.8. The fraction of sp³-hybridized carbons (Fsp3) is 0.308. The molecule has 0 atom stereocenters. The molecular formula is C13H14O4. The van der Waals surface area contributed by atoms with Crippen LogP contribution in [0.1, 0.15) is 22.3 Å². The number of aldehydes is 1. The van der Waals surface area contributed by atoms with Gasteiger partial charge >= 0.3 is 0 Å². The number of carbonyl (C=O) groups is 1. The van der Waals surface area contributed by atoms with E-state index in [0.29, 0.717) is 29.0 Å². The Hall–Kier alpha value is -1.99. The Kier molecular flexibility index (Phi) is 5.05. The minimum atomic E-state index is -0.000177. The normalized spacial score (nSPS) is 9.12. The lowest BCUT2D eigenvalue weighted by Gasteiger charge is -2.10. The Bertz CT molecular complexity index is 454. The van der Waals surface area contributed by atoms with Crippen molar-refractivity contribution < 1.29 is 19.4 Å². The number of carbonyl (C=O) groups excluding carboxylic acids is 1. The van der Waals surface area contributed by atoms with Crippen molar-refractivity contribution in [1.82, 2.24) is 0 Å². The molecule has 17 heavy (non-hydrogen) atoms. The number of aliphatic hydroxyl groups is 1. The topological polar surface area (TPSA) is 55.8 Å². The van der Waals surface area contributed by atoms with Crippen LogP contribution in [0.4, 0.5) is 0 Å². The van der Waals surface area contributed by atoms with Crippen molar-refractivity contribution in [1.29, 1.82) is 0 Å². The van der Waals surface area contributed by atoms with Crippen molar-refractivity contribution in [2.24, 2.45) is 0 Å². The molecule has 0 aromatic heterocycles. The van der Waals surface area contributed by atoms with Crippen molar-refractivity contribution in [3.63, 3.8) is 0 Å². The van der Waals surface area contributed by atoms with Crippen molar-refractivity contribution in [3.05, 3.63) is 23.3 Å². The van der Waals surface area contributed by atoms with Gasteiger partial charge < -0.3 is 14.6 Å². The molecule has 0 amide bonds. The van der Waals surface area contributed by atoms with Gasteiger partial charge in [0, 0.05) is 12.0 Å². The average Bonchev–Trinajstić information content (AvgIpc) is 2.37. The van der Waals surface area contributed by atoms with Gasteiger partial charge in [0.1, 0.15) is 6.29 Å². The Morgan fingerprint density at radius 3 is 2.65 bits per heavy atom. The van der Waals surface area contributed by atoms with Crippen molar-refractivity contribution in [3.8, 4) is 23.3 Å². The van der Waals surface area contributed by atoms with Gasteiger partial charge in [-0.1, -0.05) is 11.8 Å². The molecule has 90 valence electrons. The Morgan fingerprint density at radius 2 is 2.12 bits per heavy atom. The minimum absolute atomic E-state index is 0.000177. The van der Waals surface area contributed by atoms with Crippen LogP contribution in [-0.4, -0.2) is 32.2 Å². The first-order valence-corrected chi connectivity index (χ1v) is 5.07. The molecule has 0 spiro atoms. The van der Waals surface area contributed by atoms with Crippen LogP contribution < -0.4 is 9.47 Å². The van der Waals surface area contributed by atoms with Gasteiger partial charge in [0.05, 0.1) is 26.4 Å². The molecule has 1 aromatic rings. The molecule has 0 aliphatic carbocycles. The number of methoxy groups -OCH3 is 2. The van der Waals surface area contributed by atoms with E-state index in [2.05, 4.69) is 11.8 Å². The van der Waals surface area contributed by atoms with Crippen LogP contribution in [0.25, 0.3) is 0 Å². The summed E-state index contributed by atoms with van der Waals surface area (Å²) in [6.45, 7) is -0.000177. The van der Waals surface area contributed by atoms with Gasteiger partial charge in [0.25, 0.3) is 0 Å². The molecule has 0 bridgehead atoms. The Balaban J connectivity index is 3.25. The average molecular weight is 234 g/mol. The van der Waals surface area contributed by atoms with Crippen LogP contribution in [0, 0.1) is 11.8 Å². The standard InChI is InChI=1S/C13H14O4/c1-16-12-8-10(9-15)7-11(13(12)17-2)5-3-4-6-14/h7-9,14H,4,6H2,1-2H3. The van der Waals surface area contributed by atoms with Crippen LogP contribution >= 0.6 is 0 Å². The minimum Gasteiger partial charge on any atom is -0.493 e. The van der Waals surface area contributed by atoms with E-state index in [-0.39, 0.29) is 6.61 Å². The number of aliphatic hydroxyl groups excluding tert-OH is 1. The summed E-state index contributed by atoms with van der Waals surface area (Å²) in [5.41, 5.74) is 1.04. The number of rotatable bonds is 4. The molecule has 0 aliphatic heterocycles. The molecule has 4 heteroatoms. The third-order valence-corrected chi connectivity index (χ3v) is 2.10. The SMILES string of the molecule is COc1cc(C=O)cc(C#CCCO)c1OC. The highest BCUT2D eigenvalue weighted by Gasteiger charge is 2.10. The molecule has 0 unspecified atom stereocenters. The first-order chi connectivity index (χ1) is 8.26. The van der Waals surface area contributed by atoms with Crippen molar-refractivity contribution in [2.45, 2.75) is 6.42 Å². The molecule has 0 saturated carbocycles. The molecule has 0 saturated heterocycles. The second kappa shape index (κ2) is 6.56. The van der Waals surface area contributed by atoms with Gasteiger partial charge in [-0.2, -0.15) is 0 Å². The van der Waals surface area contributed by atoms with Crippen LogP contribution in [0.3, 0.4) is 0 Å². The molecule has 1 N–H and O–H groups in total. The fourth-order valence-corrected chi connectivity index (χ4v) is 1.36. The van der Waals surface area contributed by atoms with Crippen LogP contribution in [0.5, 0.6) is 11.5 Å². The highest BCUT2D eigenvalue weighted by atomic mass is 16.5. The zero-order chi connectivity index (χ0) is 12.7. The molecule has 0 fully saturated rings. The first-order valence-electron chi connectivity index (χ1n) is 5.07. The van der Waals surface area contributed by atoms with E-state index in [1.54, 1.807) is 12.1 Å². The summed E-state index contributed by atoms with van der Waals surface area (Å²) in [5.74, 6) is 6.57. The van der Waals surface area contributed by atoms with Gasteiger partial charge in [-0.05, 0) is 12.1 Å². The molecule has 0 radical (unpaired) electrons. The van der Waals surface area contributed by atoms with E-state index in [0.717, 1.165) is 6.29 Å². The van der Waals surface area contributed by atoms with E-state index in [4.69, 9.17) is 14.6 Å². The lowest BCUT2D eigenvalue weighted by atomic mass is 10.1. The van der Waals surface area contributed by atoms with Crippen LogP contribution in [0.15, 0.2) is 12.1 Å². The van der Waals surface area contributed by atoms with Gasteiger partial charge in [-0.3, -0.25) is 4.79 Å². The summed E-state index contributed by atoms with van der Waals surface area (Å²) < 4.78 is 10.3. The number of hydrogen-bond donors (Lipinski definition) is 1.